The van der Waals surface area contributed by atoms with E-state index in [2.05, 4.69) is 66.3 Å². The quantitative estimate of drug-likeness (QED) is 0.352. The minimum absolute atomic E-state index is 0.527. The molecule has 0 aromatic carbocycles. The zero-order valence-corrected chi connectivity index (χ0v) is 22.7. The van der Waals surface area contributed by atoms with Crippen molar-refractivity contribution >= 4 is 11.8 Å². The normalized spacial score (nSPS) is 43.4. The third kappa shape index (κ3) is 4.57. The molecule has 0 aromatic rings. The average molecular weight is 445 g/mol. The van der Waals surface area contributed by atoms with Crippen LogP contribution in [0.5, 0.6) is 0 Å². The molecule has 0 bridgehead atoms. The predicted molar refractivity (Wildman–Crippen MR) is 140 cm³/mol. The van der Waals surface area contributed by atoms with Crippen molar-refractivity contribution in [2.24, 2.45) is 46.3 Å². The van der Waals surface area contributed by atoms with Crippen LogP contribution in [0.4, 0.5) is 0 Å². The maximum Gasteiger partial charge on any atom is 0.00873 e. The van der Waals surface area contributed by atoms with E-state index >= 15 is 0 Å². The van der Waals surface area contributed by atoms with Crippen molar-refractivity contribution in [3.63, 3.8) is 0 Å². The SMILES string of the molecule is CC(C)CCC[C@@H](C)[C@H]1CCC2C3CC=C4C[C@@H](SC(C)C)CCC4(C)C3CC[C@@]21C. The minimum atomic E-state index is 0.527. The summed E-state index contributed by atoms with van der Waals surface area (Å²) in [6.07, 6.45) is 18.9. The van der Waals surface area contributed by atoms with Crippen molar-refractivity contribution in [3.05, 3.63) is 11.6 Å². The fourth-order valence-corrected chi connectivity index (χ4v) is 10.5. The van der Waals surface area contributed by atoms with E-state index in [-0.39, 0.29) is 0 Å². The van der Waals surface area contributed by atoms with Crippen molar-refractivity contribution in [3.8, 4) is 0 Å². The second-order valence-electron chi connectivity index (χ2n) is 13.3. The van der Waals surface area contributed by atoms with Crippen LogP contribution in [0.15, 0.2) is 11.6 Å². The molecule has 0 radical (unpaired) electrons. The van der Waals surface area contributed by atoms with Crippen LogP contribution in [0, 0.1) is 46.3 Å². The van der Waals surface area contributed by atoms with Gasteiger partial charge in [-0.3, -0.25) is 0 Å². The highest BCUT2D eigenvalue weighted by Crippen LogP contribution is 2.67. The average Bonchev–Trinajstić information content (AvgIpc) is 3.05. The maximum atomic E-state index is 2.78. The Morgan fingerprint density at radius 2 is 1.71 bits per heavy atom. The zero-order valence-electron chi connectivity index (χ0n) is 21.9. The van der Waals surface area contributed by atoms with Crippen molar-refractivity contribution in [1.29, 1.82) is 0 Å². The molecule has 0 amide bonds. The summed E-state index contributed by atoms with van der Waals surface area (Å²) in [6, 6.07) is 0. The van der Waals surface area contributed by atoms with Gasteiger partial charge in [0.2, 0.25) is 0 Å². The van der Waals surface area contributed by atoms with E-state index in [1.54, 1.807) is 0 Å². The lowest BCUT2D eigenvalue weighted by molar-refractivity contribution is -0.0497. The van der Waals surface area contributed by atoms with Crippen LogP contribution in [0.2, 0.25) is 0 Å². The second kappa shape index (κ2) is 9.38. The van der Waals surface area contributed by atoms with Gasteiger partial charge in [0.15, 0.2) is 0 Å². The molecule has 178 valence electrons. The maximum absolute atomic E-state index is 2.78. The van der Waals surface area contributed by atoms with Crippen LogP contribution in [0.3, 0.4) is 0 Å². The van der Waals surface area contributed by atoms with Crippen LogP contribution in [-0.2, 0) is 0 Å². The number of rotatable bonds is 7. The Morgan fingerprint density at radius 1 is 0.935 bits per heavy atom. The van der Waals surface area contributed by atoms with Gasteiger partial charge >= 0.3 is 0 Å². The highest BCUT2D eigenvalue weighted by molar-refractivity contribution is 8.00. The molecule has 4 aliphatic carbocycles. The Kier molecular flexibility index (Phi) is 7.33. The first-order valence-corrected chi connectivity index (χ1v) is 14.9. The van der Waals surface area contributed by atoms with Gasteiger partial charge in [0, 0.05) is 5.25 Å². The molecule has 4 unspecified atom stereocenters. The molecule has 0 N–H and O–H groups in total. The first-order valence-electron chi connectivity index (χ1n) is 14.0. The Morgan fingerprint density at radius 3 is 2.42 bits per heavy atom. The Hall–Kier alpha value is 0.0900. The summed E-state index contributed by atoms with van der Waals surface area (Å²) in [5.41, 5.74) is 3.03. The van der Waals surface area contributed by atoms with E-state index in [9.17, 15) is 0 Å². The summed E-state index contributed by atoms with van der Waals surface area (Å²) in [7, 11) is 0. The molecule has 4 rings (SSSR count). The van der Waals surface area contributed by atoms with Gasteiger partial charge in [-0.15, -0.1) is 0 Å². The minimum Gasteiger partial charge on any atom is -0.155 e. The summed E-state index contributed by atoms with van der Waals surface area (Å²) in [5, 5.41) is 1.66. The lowest BCUT2D eigenvalue weighted by Gasteiger charge is -2.58. The second-order valence-corrected chi connectivity index (χ2v) is 15.2. The van der Waals surface area contributed by atoms with E-state index in [0.29, 0.717) is 10.8 Å². The van der Waals surface area contributed by atoms with Crippen LogP contribution in [0.1, 0.15) is 119 Å². The lowest BCUT2D eigenvalue weighted by atomic mass is 9.47. The smallest absolute Gasteiger partial charge is 0.00873 e. The first-order chi connectivity index (χ1) is 14.6. The third-order valence-corrected chi connectivity index (χ3v) is 12.1. The zero-order chi connectivity index (χ0) is 22.4. The number of thioether (sulfide) groups is 1. The fourth-order valence-electron chi connectivity index (χ4n) is 9.15. The van der Waals surface area contributed by atoms with E-state index in [4.69, 9.17) is 0 Å². The molecular formula is C30H52S. The molecule has 0 spiro atoms. The largest absolute Gasteiger partial charge is 0.155 e. The number of hydrogen-bond acceptors (Lipinski definition) is 1. The molecule has 0 saturated heterocycles. The third-order valence-electron chi connectivity index (χ3n) is 10.7. The molecule has 4 aliphatic rings. The van der Waals surface area contributed by atoms with Gasteiger partial charge in [-0.25, -0.2) is 0 Å². The Balaban J connectivity index is 1.46. The van der Waals surface area contributed by atoms with Gasteiger partial charge in [0.05, 0.1) is 0 Å². The Labute approximate surface area is 199 Å². The van der Waals surface area contributed by atoms with E-state index < -0.39 is 0 Å². The van der Waals surface area contributed by atoms with Gasteiger partial charge in [0.25, 0.3) is 0 Å². The summed E-state index contributed by atoms with van der Waals surface area (Å²) in [5.74, 6) is 5.75. The number of hydrogen-bond donors (Lipinski definition) is 0. The standard InChI is InChI=1S/C30H52S/c1-20(2)9-8-10-22(5)26-13-14-27-25-12-11-23-19-24(31-21(3)4)15-17-29(23,6)28(25)16-18-30(26,27)7/h11,20-22,24-28H,8-10,12-19H2,1-7H3/t22-,24+,25?,26-,27?,28?,29?,30-/m1/s1. The topological polar surface area (TPSA) is 0 Å². The van der Waals surface area contributed by atoms with Gasteiger partial charge < -0.3 is 0 Å². The fraction of sp³-hybridized carbons (Fsp3) is 0.933. The highest BCUT2D eigenvalue weighted by atomic mass is 32.2. The summed E-state index contributed by atoms with van der Waals surface area (Å²) in [6.45, 7) is 17.6. The summed E-state index contributed by atoms with van der Waals surface area (Å²) < 4.78 is 0. The van der Waals surface area contributed by atoms with Crippen molar-refractivity contribution in [2.45, 2.75) is 130 Å². The molecule has 8 atom stereocenters. The van der Waals surface area contributed by atoms with E-state index in [0.717, 1.165) is 46.0 Å². The van der Waals surface area contributed by atoms with E-state index in [1.165, 1.54) is 70.6 Å². The lowest BCUT2D eigenvalue weighted by Crippen LogP contribution is -2.50. The van der Waals surface area contributed by atoms with Gasteiger partial charge in [-0.05, 0) is 103 Å². The van der Waals surface area contributed by atoms with E-state index in [1.807, 2.05) is 5.57 Å². The van der Waals surface area contributed by atoms with Crippen LogP contribution in [-0.4, -0.2) is 10.5 Å². The van der Waals surface area contributed by atoms with Gasteiger partial charge in [0.1, 0.15) is 0 Å². The predicted octanol–water partition coefficient (Wildman–Crippen LogP) is 9.54. The molecule has 0 heterocycles. The molecule has 1 heteroatoms. The molecular weight excluding hydrogens is 392 g/mol. The molecule has 3 fully saturated rings. The van der Waals surface area contributed by atoms with Crippen molar-refractivity contribution in [1.82, 2.24) is 0 Å². The first kappa shape index (κ1) is 24.2. The van der Waals surface area contributed by atoms with Crippen molar-refractivity contribution < 1.29 is 0 Å². The van der Waals surface area contributed by atoms with Crippen LogP contribution < -0.4 is 0 Å². The molecule has 31 heavy (non-hydrogen) atoms. The molecule has 0 nitrogen and oxygen atoms in total. The summed E-state index contributed by atoms with van der Waals surface area (Å²) in [4.78, 5) is 0. The molecule has 0 aliphatic heterocycles. The van der Waals surface area contributed by atoms with Crippen LogP contribution >= 0.6 is 11.8 Å². The van der Waals surface area contributed by atoms with Gasteiger partial charge in [-0.2, -0.15) is 11.8 Å². The molecule has 0 aromatic heterocycles. The summed E-state index contributed by atoms with van der Waals surface area (Å²) >= 11 is 2.24. The van der Waals surface area contributed by atoms with Gasteiger partial charge in [-0.1, -0.05) is 79.4 Å². The number of allylic oxidation sites excluding steroid dienone is 2. The van der Waals surface area contributed by atoms with Crippen molar-refractivity contribution in [2.75, 3.05) is 0 Å². The highest BCUT2D eigenvalue weighted by Gasteiger charge is 2.59. The monoisotopic (exact) mass is 444 g/mol. The Bertz CT molecular complexity index is 647. The molecule has 3 saturated carbocycles. The van der Waals surface area contributed by atoms with Crippen LogP contribution in [0.25, 0.3) is 0 Å². The number of fused-ring (bicyclic) bond motifs is 5.